The molecule has 3 aromatic heterocycles. The van der Waals surface area contributed by atoms with E-state index < -0.39 is 0 Å². The summed E-state index contributed by atoms with van der Waals surface area (Å²) >= 11 is 0. The highest BCUT2D eigenvalue weighted by Crippen LogP contribution is 2.48. The predicted octanol–water partition coefficient (Wildman–Crippen LogP) is 17.0. The van der Waals surface area contributed by atoms with E-state index in [0.717, 1.165) is 60.9 Å². The van der Waals surface area contributed by atoms with E-state index in [1.807, 2.05) is 36.9 Å². The fraction of sp³-hybridized carbons (Fsp3) is 0. The summed E-state index contributed by atoms with van der Waals surface area (Å²) in [6.45, 7) is 0. The van der Waals surface area contributed by atoms with E-state index in [1.165, 1.54) is 70.9 Å². The van der Waals surface area contributed by atoms with Crippen LogP contribution < -0.4 is 0 Å². The van der Waals surface area contributed by atoms with Gasteiger partial charge in [0.25, 0.3) is 0 Å². The van der Waals surface area contributed by atoms with Crippen LogP contribution in [-0.4, -0.2) is 9.97 Å². The second-order valence-electron chi connectivity index (χ2n) is 16.9. The minimum Gasteiger partial charge on any atom is -0.456 e. The minimum absolute atomic E-state index is 0.871. The number of furan rings is 1. The molecule has 10 aromatic carbocycles. The Hall–Kier alpha value is -8.66. The third-order valence-corrected chi connectivity index (χ3v) is 13.2. The van der Waals surface area contributed by atoms with Crippen molar-refractivity contribution < 1.29 is 4.42 Å². The van der Waals surface area contributed by atoms with E-state index in [1.54, 1.807) is 0 Å². The lowest BCUT2D eigenvalue weighted by Crippen LogP contribution is -1.92. The molecule has 0 radical (unpaired) electrons. The Labute approximate surface area is 375 Å². The van der Waals surface area contributed by atoms with E-state index in [2.05, 4.69) is 204 Å². The highest BCUT2D eigenvalue weighted by molar-refractivity contribution is 6.24. The summed E-state index contributed by atoms with van der Waals surface area (Å²) in [6.07, 6.45) is 7.53. The van der Waals surface area contributed by atoms with E-state index in [-0.39, 0.29) is 0 Å². The predicted molar refractivity (Wildman–Crippen MR) is 272 cm³/mol. The Morgan fingerprint density at radius 2 is 0.631 bits per heavy atom. The van der Waals surface area contributed by atoms with Crippen LogP contribution in [0.4, 0.5) is 0 Å². The van der Waals surface area contributed by atoms with Gasteiger partial charge in [0, 0.05) is 46.7 Å². The molecule has 13 rings (SSSR count). The highest BCUT2D eigenvalue weighted by Gasteiger charge is 2.21. The first-order chi connectivity index (χ1) is 32.2. The van der Waals surface area contributed by atoms with Gasteiger partial charge in [0.05, 0.1) is 0 Å². The van der Waals surface area contributed by atoms with Crippen molar-refractivity contribution >= 4 is 65.0 Å². The third-order valence-electron chi connectivity index (χ3n) is 13.2. The van der Waals surface area contributed by atoms with Crippen molar-refractivity contribution in [2.75, 3.05) is 0 Å². The van der Waals surface area contributed by atoms with Gasteiger partial charge in [0.15, 0.2) is 0 Å². The van der Waals surface area contributed by atoms with E-state index in [4.69, 9.17) is 4.42 Å². The first kappa shape index (κ1) is 36.9. The summed E-state index contributed by atoms with van der Waals surface area (Å²) < 4.78 is 6.76. The number of benzene rings is 10. The molecular formula is C62H38N2O. The molecule has 0 atom stereocenters. The first-order valence-corrected chi connectivity index (χ1v) is 22.1. The average Bonchev–Trinajstić information content (AvgIpc) is 3.75. The molecule has 0 fully saturated rings. The maximum Gasteiger partial charge on any atom is 0.136 e. The Bertz CT molecular complexity index is 3810. The van der Waals surface area contributed by atoms with Crippen molar-refractivity contribution in [3.63, 3.8) is 0 Å². The van der Waals surface area contributed by atoms with Crippen molar-refractivity contribution in [1.29, 1.82) is 0 Å². The standard InChI is InChI=1S/C62H38N2O/c1-2-14-39(15-3-1)59-48-18-4-6-20-50(48)61(51-21-7-5-19-49(51)59)41-26-28-47-56-35-40(27-29-57(56)65-58(47)36-41)60-52-22-8-10-24-54(52)62(55-25-11-9-23-53(55)60)46-33-44(42-16-12-30-63-37-42)32-45(34-46)43-17-13-31-64-38-43/h1-38H. The molecule has 0 aliphatic heterocycles. The first-order valence-electron chi connectivity index (χ1n) is 22.1. The molecule has 0 aliphatic rings. The van der Waals surface area contributed by atoms with Crippen LogP contribution in [0.25, 0.3) is 132 Å². The van der Waals surface area contributed by atoms with Gasteiger partial charge < -0.3 is 4.42 Å². The number of fused-ring (bicyclic) bond motifs is 7. The maximum absolute atomic E-state index is 6.76. The molecule has 3 heteroatoms. The minimum atomic E-state index is 0.871. The van der Waals surface area contributed by atoms with Gasteiger partial charge in [-0.15, -0.1) is 0 Å². The van der Waals surface area contributed by atoms with Crippen LogP contribution >= 0.6 is 0 Å². The summed E-state index contributed by atoms with van der Waals surface area (Å²) in [5, 5.41) is 11.9. The number of rotatable bonds is 6. The van der Waals surface area contributed by atoms with Gasteiger partial charge in [0.2, 0.25) is 0 Å². The molecule has 65 heavy (non-hydrogen) atoms. The molecular weight excluding hydrogens is 789 g/mol. The van der Waals surface area contributed by atoms with Crippen LogP contribution in [0.5, 0.6) is 0 Å². The van der Waals surface area contributed by atoms with Crippen molar-refractivity contribution in [3.8, 4) is 66.8 Å². The Kier molecular flexibility index (Phi) is 8.53. The molecule has 0 spiro atoms. The topological polar surface area (TPSA) is 38.9 Å². The van der Waals surface area contributed by atoms with Crippen LogP contribution in [-0.2, 0) is 0 Å². The van der Waals surface area contributed by atoms with Crippen LogP contribution in [0.15, 0.2) is 235 Å². The van der Waals surface area contributed by atoms with Crippen molar-refractivity contribution in [2.45, 2.75) is 0 Å². The maximum atomic E-state index is 6.76. The fourth-order valence-electron chi connectivity index (χ4n) is 10.4. The molecule has 13 aromatic rings. The zero-order valence-electron chi connectivity index (χ0n) is 35.2. The summed E-state index contributed by atoms with van der Waals surface area (Å²) in [6, 6.07) is 74.7. The lowest BCUT2D eigenvalue weighted by Gasteiger charge is -2.19. The van der Waals surface area contributed by atoms with Crippen LogP contribution in [0.3, 0.4) is 0 Å². The molecule has 0 bridgehead atoms. The lowest BCUT2D eigenvalue weighted by atomic mass is 9.84. The number of hydrogen-bond acceptors (Lipinski definition) is 3. The number of pyridine rings is 2. The number of aromatic nitrogens is 2. The van der Waals surface area contributed by atoms with Crippen LogP contribution in [0.1, 0.15) is 0 Å². The van der Waals surface area contributed by atoms with Crippen molar-refractivity contribution in [3.05, 3.63) is 231 Å². The third kappa shape index (κ3) is 6.05. The molecule has 0 unspecified atom stereocenters. The Morgan fingerprint density at radius 3 is 1.11 bits per heavy atom. The molecule has 302 valence electrons. The van der Waals surface area contributed by atoms with E-state index >= 15 is 0 Å². The summed E-state index contributed by atoms with van der Waals surface area (Å²) in [5.41, 5.74) is 15.6. The van der Waals surface area contributed by atoms with Gasteiger partial charge in [-0.25, -0.2) is 0 Å². The molecule has 3 heterocycles. The van der Waals surface area contributed by atoms with Gasteiger partial charge >= 0.3 is 0 Å². The van der Waals surface area contributed by atoms with Gasteiger partial charge in [-0.3, -0.25) is 9.97 Å². The van der Waals surface area contributed by atoms with E-state index in [0.29, 0.717) is 0 Å². The Morgan fingerprint density at radius 1 is 0.231 bits per heavy atom. The van der Waals surface area contributed by atoms with Crippen molar-refractivity contribution in [2.24, 2.45) is 0 Å². The molecule has 0 N–H and O–H groups in total. The van der Waals surface area contributed by atoms with Crippen molar-refractivity contribution in [1.82, 2.24) is 9.97 Å². The van der Waals surface area contributed by atoms with Gasteiger partial charge in [0.1, 0.15) is 11.2 Å². The average molecular weight is 827 g/mol. The van der Waals surface area contributed by atoms with E-state index in [9.17, 15) is 0 Å². The molecule has 0 saturated carbocycles. The molecule has 0 aliphatic carbocycles. The Balaban J connectivity index is 0.996. The quantitative estimate of drug-likeness (QED) is 0.157. The van der Waals surface area contributed by atoms with Gasteiger partial charge in [-0.1, -0.05) is 152 Å². The summed E-state index contributed by atoms with van der Waals surface area (Å²) in [4.78, 5) is 8.96. The van der Waals surface area contributed by atoms with Crippen LogP contribution in [0.2, 0.25) is 0 Å². The zero-order chi connectivity index (χ0) is 42.8. The molecule has 0 saturated heterocycles. The summed E-state index contributed by atoms with van der Waals surface area (Å²) in [7, 11) is 0. The monoisotopic (exact) mass is 826 g/mol. The molecule has 3 nitrogen and oxygen atoms in total. The normalized spacial score (nSPS) is 11.7. The smallest absolute Gasteiger partial charge is 0.136 e. The zero-order valence-corrected chi connectivity index (χ0v) is 35.2. The van der Waals surface area contributed by atoms with Gasteiger partial charge in [-0.2, -0.15) is 0 Å². The largest absolute Gasteiger partial charge is 0.456 e. The van der Waals surface area contributed by atoms with Crippen LogP contribution in [0, 0.1) is 0 Å². The second-order valence-corrected chi connectivity index (χ2v) is 16.9. The second kappa shape index (κ2) is 15.0. The fourth-order valence-corrected chi connectivity index (χ4v) is 10.4. The number of hydrogen-bond donors (Lipinski definition) is 0. The highest BCUT2D eigenvalue weighted by atomic mass is 16.3. The summed E-state index contributed by atoms with van der Waals surface area (Å²) in [5.74, 6) is 0. The number of nitrogens with zero attached hydrogens (tertiary/aromatic N) is 2. The van der Waals surface area contributed by atoms with Gasteiger partial charge in [-0.05, 0) is 153 Å². The molecule has 0 amide bonds. The SMILES string of the molecule is c1ccc(-c2c3ccccc3c(-c3ccc4c(c3)oc3ccc(-c5c6ccccc6c(-c6cc(-c7cccnc7)cc(-c7cccnc7)c6)c6ccccc56)cc34)c3ccccc23)cc1. The lowest BCUT2D eigenvalue weighted by molar-refractivity contribution is 0.669.